The first kappa shape index (κ1) is 7.26. The summed E-state index contributed by atoms with van der Waals surface area (Å²) in [6, 6.07) is 4.10. The molecule has 53 valence electrons. The third-order valence-corrected chi connectivity index (χ3v) is 1.46. The Labute approximate surface area is 62.1 Å². The van der Waals surface area contributed by atoms with Gasteiger partial charge in [0.25, 0.3) is 0 Å². The van der Waals surface area contributed by atoms with Crippen LogP contribution in [0.25, 0.3) is 0 Å². The number of aromatic nitrogens is 1. The topological polar surface area (TPSA) is 12.9 Å². The molecule has 0 unspecified atom stereocenters. The van der Waals surface area contributed by atoms with Crippen LogP contribution >= 0.6 is 0 Å². The van der Waals surface area contributed by atoms with Crippen LogP contribution in [0.15, 0.2) is 24.5 Å². The maximum absolute atomic E-state index is 3.94. The van der Waals surface area contributed by atoms with Crippen LogP contribution < -0.4 is 0 Å². The van der Waals surface area contributed by atoms with Crippen molar-refractivity contribution in [3.63, 3.8) is 0 Å². The molecule has 10 heavy (non-hydrogen) atoms. The lowest BCUT2D eigenvalue weighted by Crippen LogP contribution is -1.83. The summed E-state index contributed by atoms with van der Waals surface area (Å²) in [5.74, 6) is 0. The van der Waals surface area contributed by atoms with Gasteiger partial charge in [-0.1, -0.05) is 13.3 Å². The number of hydrogen-bond donors (Lipinski definition) is 0. The normalized spacial score (nSPS) is 9.70. The monoisotopic (exact) mass is 134 g/mol. The molecule has 0 saturated carbocycles. The number of hydrogen-bond acceptors (Lipinski definition) is 1. The summed E-state index contributed by atoms with van der Waals surface area (Å²) in [4.78, 5) is 3.94. The minimum absolute atomic E-state index is 1.02. The summed E-state index contributed by atoms with van der Waals surface area (Å²) in [5.41, 5.74) is 1.36. The molecule has 0 fully saturated rings. The minimum Gasteiger partial charge on any atom is -0.265 e. The van der Waals surface area contributed by atoms with E-state index in [2.05, 4.69) is 24.0 Å². The molecule has 0 aliphatic carbocycles. The van der Waals surface area contributed by atoms with Crippen molar-refractivity contribution < 1.29 is 0 Å². The van der Waals surface area contributed by atoms with Gasteiger partial charge in [0, 0.05) is 12.4 Å². The molecule has 0 bridgehead atoms. The summed E-state index contributed by atoms with van der Waals surface area (Å²) >= 11 is 0. The van der Waals surface area contributed by atoms with Crippen LogP contribution in [0, 0.1) is 6.92 Å². The molecular weight excluding hydrogens is 122 g/mol. The first-order chi connectivity index (χ1) is 4.93. The van der Waals surface area contributed by atoms with Gasteiger partial charge >= 0.3 is 0 Å². The second kappa shape index (κ2) is 4.04. The van der Waals surface area contributed by atoms with Crippen molar-refractivity contribution in [3.05, 3.63) is 37.0 Å². The van der Waals surface area contributed by atoms with E-state index in [1.54, 1.807) is 0 Å². The molecule has 1 heterocycles. The highest BCUT2D eigenvalue weighted by Crippen LogP contribution is 2.01. The van der Waals surface area contributed by atoms with Gasteiger partial charge in [-0.2, -0.15) is 0 Å². The van der Waals surface area contributed by atoms with E-state index in [4.69, 9.17) is 0 Å². The number of aryl methyl sites for hydroxylation is 1. The summed E-state index contributed by atoms with van der Waals surface area (Å²) in [7, 11) is 0. The molecular formula is C9H12N. The lowest BCUT2D eigenvalue weighted by Gasteiger charge is -1.95. The van der Waals surface area contributed by atoms with E-state index >= 15 is 0 Å². The lowest BCUT2D eigenvalue weighted by atomic mass is 10.1. The molecule has 0 saturated heterocycles. The summed E-state index contributed by atoms with van der Waals surface area (Å²) < 4.78 is 0. The molecule has 1 aromatic rings. The molecule has 0 aromatic carbocycles. The Kier molecular flexibility index (Phi) is 2.94. The van der Waals surface area contributed by atoms with Crippen molar-refractivity contribution in [2.24, 2.45) is 0 Å². The quantitative estimate of drug-likeness (QED) is 0.617. The van der Waals surface area contributed by atoms with Gasteiger partial charge in [0.1, 0.15) is 0 Å². The fraction of sp³-hybridized carbons (Fsp3) is 0.333. The molecule has 1 rings (SSSR count). The Morgan fingerprint density at radius 3 is 2.60 bits per heavy atom. The third kappa shape index (κ3) is 2.18. The third-order valence-electron chi connectivity index (χ3n) is 1.46. The predicted molar refractivity (Wildman–Crippen MR) is 42.5 cm³/mol. The van der Waals surface area contributed by atoms with E-state index in [1.807, 2.05) is 12.4 Å². The van der Waals surface area contributed by atoms with Crippen LogP contribution in [0.4, 0.5) is 0 Å². The summed E-state index contributed by atoms with van der Waals surface area (Å²) in [6.07, 6.45) is 6.98. The lowest BCUT2D eigenvalue weighted by molar-refractivity contribution is 0.839. The van der Waals surface area contributed by atoms with Crippen LogP contribution in [0.2, 0.25) is 0 Å². The van der Waals surface area contributed by atoms with E-state index in [9.17, 15) is 0 Å². The Bertz CT molecular complexity index is 169. The molecule has 0 N–H and O–H groups in total. The molecule has 1 aromatic heterocycles. The van der Waals surface area contributed by atoms with Gasteiger partial charge in [-0.25, -0.2) is 0 Å². The van der Waals surface area contributed by atoms with Crippen LogP contribution in [0.5, 0.6) is 0 Å². The minimum atomic E-state index is 1.02. The van der Waals surface area contributed by atoms with E-state index < -0.39 is 0 Å². The second-order valence-electron chi connectivity index (χ2n) is 2.31. The first-order valence-electron chi connectivity index (χ1n) is 3.61. The number of rotatable bonds is 3. The molecule has 0 spiro atoms. The van der Waals surface area contributed by atoms with Crippen molar-refractivity contribution in [2.45, 2.75) is 19.3 Å². The molecule has 1 radical (unpaired) electrons. The average Bonchev–Trinajstić information content (AvgIpc) is 2.03. The van der Waals surface area contributed by atoms with Crippen LogP contribution in [-0.4, -0.2) is 4.98 Å². The maximum atomic E-state index is 3.94. The van der Waals surface area contributed by atoms with E-state index in [-0.39, 0.29) is 0 Å². The summed E-state index contributed by atoms with van der Waals surface area (Å²) in [5, 5.41) is 0. The van der Waals surface area contributed by atoms with Crippen molar-refractivity contribution in [2.75, 3.05) is 0 Å². The second-order valence-corrected chi connectivity index (χ2v) is 2.31. The van der Waals surface area contributed by atoms with Gasteiger partial charge in [0.2, 0.25) is 0 Å². The zero-order valence-electron chi connectivity index (χ0n) is 6.09. The van der Waals surface area contributed by atoms with Crippen molar-refractivity contribution in [3.8, 4) is 0 Å². The molecule has 0 aliphatic heterocycles. The van der Waals surface area contributed by atoms with Crippen molar-refractivity contribution in [1.29, 1.82) is 0 Å². The Hall–Kier alpha value is -0.850. The summed E-state index contributed by atoms with van der Waals surface area (Å²) in [6.45, 7) is 3.79. The molecule has 0 aliphatic rings. The highest BCUT2D eigenvalue weighted by atomic mass is 14.6. The highest BCUT2D eigenvalue weighted by molar-refractivity contribution is 5.09. The van der Waals surface area contributed by atoms with Gasteiger partial charge in [-0.3, -0.25) is 4.98 Å². The van der Waals surface area contributed by atoms with E-state index in [0.29, 0.717) is 0 Å². The van der Waals surface area contributed by atoms with Crippen molar-refractivity contribution >= 4 is 0 Å². The van der Waals surface area contributed by atoms with Crippen LogP contribution in [-0.2, 0) is 6.42 Å². The van der Waals surface area contributed by atoms with Gasteiger partial charge in [0.15, 0.2) is 0 Å². The van der Waals surface area contributed by atoms with Gasteiger partial charge in [-0.05, 0) is 30.5 Å². The number of unbranched alkanes of at least 4 members (excludes halogenated alkanes) is 1. The van der Waals surface area contributed by atoms with Gasteiger partial charge in [0.05, 0.1) is 0 Å². The van der Waals surface area contributed by atoms with E-state index in [0.717, 1.165) is 12.8 Å². The average molecular weight is 134 g/mol. The Morgan fingerprint density at radius 1 is 1.30 bits per heavy atom. The predicted octanol–water partition coefficient (Wildman–Crippen LogP) is 2.24. The Balaban J connectivity index is 2.43. The van der Waals surface area contributed by atoms with E-state index in [1.165, 1.54) is 12.0 Å². The SMILES string of the molecule is [CH2]CCCc1ccncc1. The zero-order chi connectivity index (χ0) is 7.23. The molecule has 1 heteroatoms. The standard InChI is InChI=1S/C9H12N/c1-2-3-4-9-5-7-10-8-6-9/h5-8H,1-4H2. The van der Waals surface area contributed by atoms with Gasteiger partial charge < -0.3 is 0 Å². The maximum Gasteiger partial charge on any atom is 0.0270 e. The molecule has 0 amide bonds. The largest absolute Gasteiger partial charge is 0.265 e. The Morgan fingerprint density at radius 2 is 2.00 bits per heavy atom. The van der Waals surface area contributed by atoms with Gasteiger partial charge in [-0.15, -0.1) is 0 Å². The van der Waals surface area contributed by atoms with Crippen LogP contribution in [0.3, 0.4) is 0 Å². The zero-order valence-corrected chi connectivity index (χ0v) is 6.09. The smallest absolute Gasteiger partial charge is 0.0270 e. The first-order valence-corrected chi connectivity index (χ1v) is 3.61. The highest BCUT2D eigenvalue weighted by Gasteiger charge is 1.88. The molecule has 0 atom stereocenters. The number of pyridine rings is 1. The fourth-order valence-electron chi connectivity index (χ4n) is 0.879. The van der Waals surface area contributed by atoms with Crippen LogP contribution in [0.1, 0.15) is 18.4 Å². The molecule has 1 nitrogen and oxygen atoms in total. The number of nitrogens with zero attached hydrogens (tertiary/aromatic N) is 1. The fourth-order valence-corrected chi connectivity index (χ4v) is 0.879. The van der Waals surface area contributed by atoms with Crippen molar-refractivity contribution in [1.82, 2.24) is 4.98 Å².